The highest BCUT2D eigenvalue weighted by Crippen LogP contribution is 2.40. The molecule has 2 aliphatic heterocycles. The van der Waals surface area contributed by atoms with E-state index >= 15 is 0 Å². The molecule has 90 valence electrons. The number of hydrogen-bond acceptors (Lipinski definition) is 4. The summed E-state index contributed by atoms with van der Waals surface area (Å²) in [5.74, 6) is 0.707. The van der Waals surface area contributed by atoms with Gasteiger partial charge in [0.15, 0.2) is 0 Å². The second-order valence-electron chi connectivity index (χ2n) is 4.62. The van der Waals surface area contributed by atoms with E-state index < -0.39 is 0 Å². The van der Waals surface area contributed by atoms with Gasteiger partial charge in [0.2, 0.25) is 0 Å². The van der Waals surface area contributed by atoms with Crippen LogP contribution in [0.25, 0.3) is 0 Å². The average molecular weight is 233 g/mol. The van der Waals surface area contributed by atoms with Crippen molar-refractivity contribution in [3.05, 3.63) is 30.0 Å². The van der Waals surface area contributed by atoms with Gasteiger partial charge in [0.05, 0.1) is 18.6 Å². The zero-order valence-electron chi connectivity index (χ0n) is 9.88. The maximum atomic E-state index is 11.7. The van der Waals surface area contributed by atoms with Crippen LogP contribution in [0.5, 0.6) is 0 Å². The van der Waals surface area contributed by atoms with Crippen molar-refractivity contribution in [3.8, 4) is 0 Å². The minimum Gasteiger partial charge on any atom is -0.466 e. The highest BCUT2D eigenvalue weighted by molar-refractivity contribution is 5.90. The van der Waals surface area contributed by atoms with Gasteiger partial charge < -0.3 is 14.6 Å². The van der Waals surface area contributed by atoms with Crippen LogP contribution in [0.2, 0.25) is 0 Å². The summed E-state index contributed by atoms with van der Waals surface area (Å²) in [6, 6.07) is 0.667. The molecule has 2 aliphatic rings. The zero-order valence-corrected chi connectivity index (χ0v) is 9.88. The SMILES string of the molecule is COC(=O)C1=CNC2CC(C)n3ccnc3C12. The maximum Gasteiger partial charge on any atom is 0.336 e. The van der Waals surface area contributed by atoms with Crippen molar-refractivity contribution in [1.29, 1.82) is 0 Å². The minimum absolute atomic E-state index is 0.0219. The third-order valence-corrected chi connectivity index (χ3v) is 3.66. The lowest BCUT2D eigenvalue weighted by molar-refractivity contribution is -0.136. The van der Waals surface area contributed by atoms with Gasteiger partial charge in [-0.05, 0) is 13.3 Å². The van der Waals surface area contributed by atoms with Gasteiger partial charge in [0.25, 0.3) is 0 Å². The third-order valence-electron chi connectivity index (χ3n) is 3.66. The molecule has 0 aromatic carbocycles. The first-order chi connectivity index (χ1) is 8.22. The second kappa shape index (κ2) is 3.61. The molecule has 0 aliphatic carbocycles. The van der Waals surface area contributed by atoms with Crippen molar-refractivity contribution in [1.82, 2.24) is 14.9 Å². The lowest BCUT2D eigenvalue weighted by Gasteiger charge is -2.32. The number of esters is 1. The Bertz CT molecular complexity index is 492. The first-order valence-electron chi connectivity index (χ1n) is 5.79. The number of ether oxygens (including phenoxy) is 1. The number of hydrogen-bond donors (Lipinski definition) is 1. The fraction of sp³-hybridized carbons (Fsp3) is 0.500. The van der Waals surface area contributed by atoms with Crippen LogP contribution in [0.15, 0.2) is 24.2 Å². The predicted octanol–water partition coefficient (Wildman–Crippen LogP) is 0.960. The van der Waals surface area contributed by atoms with Gasteiger partial charge in [-0.15, -0.1) is 0 Å². The van der Waals surface area contributed by atoms with Crippen LogP contribution in [0.1, 0.15) is 31.1 Å². The Balaban J connectivity index is 2.03. The van der Waals surface area contributed by atoms with Crippen molar-refractivity contribution in [2.75, 3.05) is 7.11 Å². The Kier molecular flexibility index (Phi) is 2.21. The highest BCUT2D eigenvalue weighted by atomic mass is 16.5. The molecular weight excluding hydrogens is 218 g/mol. The quantitative estimate of drug-likeness (QED) is 0.734. The zero-order chi connectivity index (χ0) is 12.0. The molecular formula is C12H15N3O2. The molecule has 3 atom stereocenters. The van der Waals surface area contributed by atoms with Gasteiger partial charge in [-0.1, -0.05) is 0 Å². The summed E-state index contributed by atoms with van der Waals surface area (Å²) in [7, 11) is 1.41. The minimum atomic E-state index is -0.269. The predicted molar refractivity (Wildman–Crippen MR) is 61.3 cm³/mol. The molecule has 3 rings (SSSR count). The van der Waals surface area contributed by atoms with Crippen LogP contribution >= 0.6 is 0 Å². The van der Waals surface area contributed by atoms with E-state index in [1.165, 1.54) is 7.11 Å². The summed E-state index contributed by atoms with van der Waals surface area (Å²) in [6.45, 7) is 2.17. The smallest absolute Gasteiger partial charge is 0.336 e. The lowest BCUT2D eigenvalue weighted by atomic mass is 9.87. The average Bonchev–Trinajstić information content (AvgIpc) is 2.92. The Morgan fingerprint density at radius 2 is 2.47 bits per heavy atom. The van der Waals surface area contributed by atoms with E-state index in [4.69, 9.17) is 4.74 Å². The van der Waals surface area contributed by atoms with Gasteiger partial charge in [-0.2, -0.15) is 0 Å². The van der Waals surface area contributed by atoms with Gasteiger partial charge in [-0.25, -0.2) is 9.78 Å². The summed E-state index contributed by atoms with van der Waals surface area (Å²) >= 11 is 0. The first-order valence-corrected chi connectivity index (χ1v) is 5.79. The number of imidazole rings is 1. The number of rotatable bonds is 1. The number of nitrogens with one attached hydrogen (secondary N) is 1. The van der Waals surface area contributed by atoms with Crippen molar-refractivity contribution in [3.63, 3.8) is 0 Å². The Labute approximate surface area is 99.5 Å². The molecule has 0 saturated carbocycles. The van der Waals surface area contributed by atoms with E-state index in [2.05, 4.69) is 21.8 Å². The molecule has 0 spiro atoms. The molecule has 0 fully saturated rings. The van der Waals surface area contributed by atoms with Crippen molar-refractivity contribution >= 4 is 5.97 Å². The maximum absolute atomic E-state index is 11.7. The largest absolute Gasteiger partial charge is 0.466 e. The fourth-order valence-electron chi connectivity index (χ4n) is 2.85. The summed E-state index contributed by atoms with van der Waals surface area (Å²) < 4.78 is 6.96. The van der Waals surface area contributed by atoms with Crippen molar-refractivity contribution in [2.45, 2.75) is 31.3 Å². The summed E-state index contributed by atoms with van der Waals surface area (Å²) in [5, 5.41) is 3.27. The molecule has 0 radical (unpaired) electrons. The van der Waals surface area contributed by atoms with Gasteiger partial charge in [0.1, 0.15) is 5.82 Å². The van der Waals surface area contributed by atoms with Crippen LogP contribution in [-0.4, -0.2) is 28.7 Å². The van der Waals surface area contributed by atoms with Gasteiger partial charge in [-0.3, -0.25) is 0 Å². The van der Waals surface area contributed by atoms with Crippen LogP contribution in [-0.2, 0) is 9.53 Å². The van der Waals surface area contributed by atoms with Crippen LogP contribution in [0, 0.1) is 0 Å². The molecule has 5 heteroatoms. The van der Waals surface area contributed by atoms with E-state index in [9.17, 15) is 4.79 Å². The Hall–Kier alpha value is -1.78. The van der Waals surface area contributed by atoms with E-state index in [0.29, 0.717) is 11.6 Å². The summed E-state index contributed by atoms with van der Waals surface area (Å²) in [5.41, 5.74) is 0.678. The lowest BCUT2D eigenvalue weighted by Crippen LogP contribution is -2.36. The van der Waals surface area contributed by atoms with E-state index in [1.807, 2.05) is 6.20 Å². The molecule has 3 heterocycles. The first kappa shape index (κ1) is 10.4. The van der Waals surface area contributed by atoms with E-state index in [0.717, 1.165) is 12.2 Å². The molecule has 0 bridgehead atoms. The number of carbonyl (C=O) groups is 1. The molecule has 1 aromatic rings. The summed E-state index contributed by atoms with van der Waals surface area (Å²) in [6.07, 6.45) is 6.54. The van der Waals surface area contributed by atoms with Crippen LogP contribution < -0.4 is 5.32 Å². The third kappa shape index (κ3) is 1.38. The van der Waals surface area contributed by atoms with Crippen LogP contribution in [0.4, 0.5) is 0 Å². The molecule has 5 nitrogen and oxygen atoms in total. The normalized spacial score (nSPS) is 30.0. The monoisotopic (exact) mass is 233 g/mol. The molecule has 3 unspecified atom stereocenters. The number of methoxy groups -OCH3 is 1. The van der Waals surface area contributed by atoms with Crippen molar-refractivity contribution < 1.29 is 9.53 Å². The molecule has 17 heavy (non-hydrogen) atoms. The fourth-order valence-corrected chi connectivity index (χ4v) is 2.85. The number of fused-ring (bicyclic) bond motifs is 3. The summed E-state index contributed by atoms with van der Waals surface area (Å²) in [4.78, 5) is 16.1. The van der Waals surface area contributed by atoms with Crippen molar-refractivity contribution in [2.24, 2.45) is 0 Å². The standard InChI is InChI=1S/C12H15N3O2/c1-7-5-9-10(11-13-3-4-15(7)11)8(6-14-9)12(16)17-2/h3-4,6-7,9-10,14H,5H2,1-2H3. The van der Waals surface area contributed by atoms with Crippen LogP contribution in [0.3, 0.4) is 0 Å². The number of carbonyl (C=O) groups excluding carboxylic acids is 1. The Morgan fingerprint density at radius 3 is 3.24 bits per heavy atom. The van der Waals surface area contributed by atoms with Gasteiger partial charge in [0, 0.05) is 30.7 Å². The molecule has 0 saturated heterocycles. The van der Waals surface area contributed by atoms with Gasteiger partial charge >= 0.3 is 5.97 Å². The molecule has 0 amide bonds. The number of nitrogens with zero attached hydrogens (tertiary/aromatic N) is 2. The second-order valence-corrected chi connectivity index (χ2v) is 4.62. The molecule has 1 N–H and O–H groups in total. The highest BCUT2D eigenvalue weighted by Gasteiger charge is 2.42. The molecule has 1 aromatic heterocycles. The topological polar surface area (TPSA) is 56.1 Å². The van der Waals surface area contributed by atoms with E-state index in [1.54, 1.807) is 12.4 Å². The number of aromatic nitrogens is 2. The Morgan fingerprint density at radius 1 is 1.65 bits per heavy atom. The van der Waals surface area contributed by atoms with E-state index in [-0.39, 0.29) is 17.9 Å².